The van der Waals surface area contributed by atoms with E-state index in [-0.39, 0.29) is 6.09 Å². The molecule has 0 aliphatic carbocycles. The first-order chi connectivity index (χ1) is 9.63. The van der Waals surface area contributed by atoms with Gasteiger partial charge in [0.2, 0.25) is 0 Å². The molecule has 106 valence electrons. The molecule has 1 aliphatic rings. The third-order valence-corrected chi connectivity index (χ3v) is 3.78. The fourth-order valence-corrected chi connectivity index (χ4v) is 2.43. The van der Waals surface area contributed by atoms with Crippen molar-refractivity contribution in [1.82, 2.24) is 15.1 Å². The van der Waals surface area contributed by atoms with Crippen molar-refractivity contribution >= 4 is 22.7 Å². The van der Waals surface area contributed by atoms with Crippen molar-refractivity contribution < 1.29 is 9.53 Å². The van der Waals surface area contributed by atoms with Gasteiger partial charge >= 0.3 is 6.09 Å². The van der Waals surface area contributed by atoms with Crippen LogP contribution in [0.15, 0.2) is 18.2 Å². The number of benzene rings is 1. The molecule has 1 aliphatic heterocycles. The molecule has 1 saturated heterocycles. The second-order valence-corrected chi connectivity index (χ2v) is 5.37. The van der Waals surface area contributed by atoms with Gasteiger partial charge in [0.15, 0.2) is 0 Å². The Hall–Kier alpha value is -2.24. The van der Waals surface area contributed by atoms with Gasteiger partial charge < -0.3 is 15.4 Å². The number of amides is 1. The van der Waals surface area contributed by atoms with Crippen molar-refractivity contribution in [3.05, 3.63) is 18.2 Å². The van der Waals surface area contributed by atoms with Crippen LogP contribution in [-0.4, -0.2) is 34.3 Å². The number of ether oxygens (including phenoxy) is 1. The van der Waals surface area contributed by atoms with E-state index in [0.29, 0.717) is 17.5 Å². The summed E-state index contributed by atoms with van der Waals surface area (Å²) >= 11 is 0. The zero-order valence-corrected chi connectivity index (χ0v) is 11.4. The zero-order chi connectivity index (χ0) is 14.1. The van der Waals surface area contributed by atoms with E-state index in [1.54, 1.807) is 23.1 Å². The molecule has 0 saturated carbocycles. The summed E-state index contributed by atoms with van der Waals surface area (Å²) in [6.07, 6.45) is 1.71. The van der Waals surface area contributed by atoms with Crippen molar-refractivity contribution in [3.63, 3.8) is 0 Å². The van der Waals surface area contributed by atoms with E-state index >= 15 is 0 Å². The minimum absolute atomic E-state index is 0.309. The SMILES string of the molecule is CC1CCN(C(=O)Oc2n[nH]c3cc(N)ccc23)CC1. The number of hydrogen-bond donors (Lipinski definition) is 2. The highest BCUT2D eigenvalue weighted by molar-refractivity contribution is 5.88. The molecule has 20 heavy (non-hydrogen) atoms. The second kappa shape index (κ2) is 5.03. The number of nitrogens with zero attached hydrogens (tertiary/aromatic N) is 2. The fourth-order valence-electron chi connectivity index (χ4n) is 2.43. The zero-order valence-electron chi connectivity index (χ0n) is 11.4. The summed E-state index contributed by atoms with van der Waals surface area (Å²) in [5.41, 5.74) is 7.11. The topological polar surface area (TPSA) is 84.2 Å². The molecule has 1 fully saturated rings. The van der Waals surface area contributed by atoms with Gasteiger partial charge in [-0.25, -0.2) is 4.79 Å². The van der Waals surface area contributed by atoms with Crippen LogP contribution in [0.4, 0.5) is 10.5 Å². The number of carbonyl (C=O) groups excluding carboxylic acids is 1. The maximum atomic E-state index is 12.1. The van der Waals surface area contributed by atoms with Gasteiger partial charge in [0.1, 0.15) is 0 Å². The van der Waals surface area contributed by atoms with Crippen LogP contribution in [-0.2, 0) is 0 Å². The summed E-state index contributed by atoms with van der Waals surface area (Å²) < 4.78 is 5.39. The van der Waals surface area contributed by atoms with Crippen molar-refractivity contribution in [2.75, 3.05) is 18.8 Å². The van der Waals surface area contributed by atoms with Crippen LogP contribution in [0, 0.1) is 5.92 Å². The van der Waals surface area contributed by atoms with Crippen LogP contribution in [0.1, 0.15) is 19.8 Å². The predicted molar refractivity (Wildman–Crippen MR) is 76.5 cm³/mol. The third kappa shape index (κ3) is 2.41. The van der Waals surface area contributed by atoms with E-state index in [1.165, 1.54) is 0 Å². The number of aromatic nitrogens is 2. The van der Waals surface area contributed by atoms with Crippen LogP contribution in [0.2, 0.25) is 0 Å². The Kier molecular flexibility index (Phi) is 3.22. The molecule has 3 N–H and O–H groups in total. The summed E-state index contributed by atoms with van der Waals surface area (Å²) in [6, 6.07) is 5.33. The Labute approximate surface area is 116 Å². The largest absolute Gasteiger partial charge is 0.416 e. The molecule has 0 spiro atoms. The normalized spacial score (nSPS) is 16.6. The number of rotatable bonds is 1. The fraction of sp³-hybridized carbons (Fsp3) is 0.429. The van der Waals surface area contributed by atoms with Crippen molar-refractivity contribution in [1.29, 1.82) is 0 Å². The van der Waals surface area contributed by atoms with Gasteiger partial charge in [0.25, 0.3) is 5.88 Å². The molecule has 3 rings (SSSR count). The van der Waals surface area contributed by atoms with Crippen molar-refractivity contribution in [3.8, 4) is 5.88 Å². The number of anilines is 1. The molecule has 6 nitrogen and oxygen atoms in total. The molecule has 2 heterocycles. The van der Waals surface area contributed by atoms with Gasteiger partial charge in [-0.2, -0.15) is 0 Å². The monoisotopic (exact) mass is 274 g/mol. The molecule has 0 unspecified atom stereocenters. The van der Waals surface area contributed by atoms with Gasteiger partial charge in [0.05, 0.1) is 10.9 Å². The highest BCUT2D eigenvalue weighted by Crippen LogP contribution is 2.25. The molecule has 1 aromatic heterocycles. The van der Waals surface area contributed by atoms with Crippen LogP contribution in [0.5, 0.6) is 5.88 Å². The Morgan fingerprint density at radius 3 is 2.95 bits per heavy atom. The number of fused-ring (bicyclic) bond motifs is 1. The summed E-state index contributed by atoms with van der Waals surface area (Å²) in [5, 5.41) is 7.62. The van der Waals surface area contributed by atoms with E-state index < -0.39 is 0 Å². The van der Waals surface area contributed by atoms with Crippen LogP contribution in [0.3, 0.4) is 0 Å². The van der Waals surface area contributed by atoms with E-state index in [9.17, 15) is 4.79 Å². The Balaban J connectivity index is 1.74. The first-order valence-corrected chi connectivity index (χ1v) is 6.84. The summed E-state index contributed by atoms with van der Waals surface area (Å²) in [6.45, 7) is 3.69. The van der Waals surface area contributed by atoms with Crippen LogP contribution >= 0.6 is 0 Å². The van der Waals surface area contributed by atoms with Crippen LogP contribution in [0.25, 0.3) is 10.9 Å². The average Bonchev–Trinajstić information content (AvgIpc) is 2.81. The van der Waals surface area contributed by atoms with E-state index in [2.05, 4.69) is 17.1 Å². The van der Waals surface area contributed by atoms with E-state index in [1.807, 2.05) is 0 Å². The lowest BCUT2D eigenvalue weighted by atomic mass is 10.00. The number of carbonyl (C=O) groups is 1. The smallest absolute Gasteiger partial charge is 0.399 e. The number of hydrogen-bond acceptors (Lipinski definition) is 4. The molecule has 0 radical (unpaired) electrons. The highest BCUT2D eigenvalue weighted by Gasteiger charge is 2.23. The lowest BCUT2D eigenvalue weighted by molar-refractivity contribution is 0.132. The first kappa shape index (κ1) is 12.8. The molecular formula is C14H18N4O2. The maximum Gasteiger partial charge on any atom is 0.416 e. The van der Waals surface area contributed by atoms with Crippen molar-refractivity contribution in [2.45, 2.75) is 19.8 Å². The first-order valence-electron chi connectivity index (χ1n) is 6.84. The number of nitrogen functional groups attached to an aromatic ring is 1. The standard InChI is InChI=1S/C14H18N4O2/c1-9-4-6-18(7-5-9)14(19)20-13-11-3-2-10(15)8-12(11)16-17-13/h2-3,8-9H,4-7,15H2,1H3,(H,16,17). The number of likely N-dealkylation sites (tertiary alicyclic amines) is 1. The Morgan fingerprint density at radius 2 is 2.20 bits per heavy atom. The predicted octanol–water partition coefficient (Wildman–Crippen LogP) is 2.38. The average molecular weight is 274 g/mol. The molecular weight excluding hydrogens is 256 g/mol. The molecule has 0 bridgehead atoms. The van der Waals surface area contributed by atoms with Gasteiger partial charge in [-0.1, -0.05) is 6.92 Å². The summed E-state index contributed by atoms with van der Waals surface area (Å²) in [7, 11) is 0. The molecule has 6 heteroatoms. The number of nitrogens with one attached hydrogen (secondary N) is 1. The molecule has 1 aromatic carbocycles. The molecule has 2 aromatic rings. The van der Waals surface area contributed by atoms with Gasteiger partial charge in [0, 0.05) is 18.8 Å². The third-order valence-electron chi connectivity index (χ3n) is 3.78. The maximum absolute atomic E-state index is 12.1. The Bertz CT molecular complexity index is 629. The number of piperidine rings is 1. The Morgan fingerprint density at radius 1 is 1.45 bits per heavy atom. The minimum Gasteiger partial charge on any atom is -0.399 e. The van der Waals surface area contributed by atoms with Crippen LogP contribution < -0.4 is 10.5 Å². The number of nitrogens with two attached hydrogens (primary N) is 1. The second-order valence-electron chi connectivity index (χ2n) is 5.37. The minimum atomic E-state index is -0.331. The van der Waals surface area contributed by atoms with E-state index in [0.717, 1.165) is 36.8 Å². The highest BCUT2D eigenvalue weighted by atomic mass is 16.6. The number of H-pyrrole nitrogens is 1. The molecule has 1 amide bonds. The van der Waals surface area contributed by atoms with Gasteiger partial charge in [-0.3, -0.25) is 5.10 Å². The van der Waals surface area contributed by atoms with Gasteiger partial charge in [-0.15, -0.1) is 5.10 Å². The number of aromatic amines is 1. The van der Waals surface area contributed by atoms with Gasteiger partial charge in [-0.05, 0) is 37.0 Å². The lowest BCUT2D eigenvalue weighted by Crippen LogP contribution is -2.39. The summed E-state index contributed by atoms with van der Waals surface area (Å²) in [4.78, 5) is 13.8. The molecule has 0 atom stereocenters. The lowest BCUT2D eigenvalue weighted by Gasteiger charge is -2.29. The van der Waals surface area contributed by atoms with Crippen molar-refractivity contribution in [2.24, 2.45) is 5.92 Å². The summed E-state index contributed by atoms with van der Waals surface area (Å²) in [5.74, 6) is 0.983. The van der Waals surface area contributed by atoms with E-state index in [4.69, 9.17) is 10.5 Å². The quantitative estimate of drug-likeness (QED) is 0.782.